The van der Waals surface area contributed by atoms with Crippen LogP contribution in [0.25, 0.3) is 0 Å². The summed E-state index contributed by atoms with van der Waals surface area (Å²) in [6, 6.07) is 4.63. The quantitative estimate of drug-likeness (QED) is 0.684. The van der Waals surface area contributed by atoms with Gasteiger partial charge in [0.25, 0.3) is 0 Å². The average molecular weight is 301 g/mol. The summed E-state index contributed by atoms with van der Waals surface area (Å²) in [5.74, 6) is 0. The van der Waals surface area contributed by atoms with Crippen LogP contribution in [0.5, 0.6) is 0 Å². The Labute approximate surface area is 120 Å². The van der Waals surface area contributed by atoms with Crippen LogP contribution in [0.1, 0.15) is 20.3 Å². The maximum absolute atomic E-state index is 12.0. The van der Waals surface area contributed by atoms with Crippen molar-refractivity contribution in [3.8, 4) is 0 Å². The number of nitrogen functional groups attached to an aromatic ring is 1. The molecule has 0 aliphatic heterocycles. The molecule has 0 aliphatic carbocycles. The van der Waals surface area contributed by atoms with Crippen LogP contribution in [0.3, 0.4) is 0 Å². The number of hydrogen-bond donors (Lipinski definition) is 3. The molecular weight excluding hydrogens is 278 g/mol. The summed E-state index contributed by atoms with van der Waals surface area (Å²) in [4.78, 5) is 0.161. The molecule has 1 aromatic carbocycles. The van der Waals surface area contributed by atoms with Gasteiger partial charge < -0.3 is 16.2 Å². The minimum Gasteiger partial charge on any atom is -0.397 e. The van der Waals surface area contributed by atoms with Crippen LogP contribution >= 0.6 is 0 Å². The van der Waals surface area contributed by atoms with Crippen molar-refractivity contribution in [2.75, 3.05) is 25.1 Å². The Kier molecular flexibility index (Phi) is 5.38. The van der Waals surface area contributed by atoms with Gasteiger partial charge in [-0.05, 0) is 38.5 Å². The van der Waals surface area contributed by atoms with E-state index in [1.54, 1.807) is 13.0 Å². The molecule has 0 aromatic heterocycles. The van der Waals surface area contributed by atoms with E-state index in [0.717, 1.165) is 4.31 Å². The fourth-order valence-corrected chi connectivity index (χ4v) is 2.82. The van der Waals surface area contributed by atoms with Crippen LogP contribution < -0.4 is 11.1 Å². The van der Waals surface area contributed by atoms with Crippen molar-refractivity contribution in [2.45, 2.75) is 37.3 Å². The number of nitrogens with two attached hydrogens (primary N) is 1. The van der Waals surface area contributed by atoms with Crippen molar-refractivity contribution in [3.63, 3.8) is 0 Å². The summed E-state index contributed by atoms with van der Waals surface area (Å²) in [6.07, 6.45) is 0.170. The topological polar surface area (TPSA) is 95.7 Å². The number of hydrogen-bond acceptors (Lipinski definition) is 5. The third kappa shape index (κ3) is 4.09. The van der Waals surface area contributed by atoms with Crippen LogP contribution in [-0.2, 0) is 10.0 Å². The van der Waals surface area contributed by atoms with E-state index in [-0.39, 0.29) is 10.9 Å². The molecule has 2 unspecified atom stereocenters. The fourth-order valence-electron chi connectivity index (χ4n) is 1.88. The number of aliphatic hydroxyl groups excluding tert-OH is 1. The van der Waals surface area contributed by atoms with Crippen LogP contribution in [0.2, 0.25) is 0 Å². The van der Waals surface area contributed by atoms with Crippen LogP contribution in [0.4, 0.5) is 11.4 Å². The van der Waals surface area contributed by atoms with E-state index in [4.69, 9.17) is 5.73 Å². The Morgan fingerprint density at radius 3 is 2.40 bits per heavy atom. The van der Waals surface area contributed by atoms with Crippen molar-refractivity contribution in [1.29, 1.82) is 0 Å². The maximum Gasteiger partial charge on any atom is 0.242 e. The van der Waals surface area contributed by atoms with E-state index < -0.39 is 16.1 Å². The molecule has 0 bridgehead atoms. The van der Waals surface area contributed by atoms with Gasteiger partial charge >= 0.3 is 0 Å². The SMILES string of the molecule is CC(O)CC(C)Nc1ccc(S(=O)(=O)N(C)C)cc1N. The highest BCUT2D eigenvalue weighted by Crippen LogP contribution is 2.25. The minimum absolute atomic E-state index is 0.0357. The van der Waals surface area contributed by atoms with Gasteiger partial charge in [-0.15, -0.1) is 0 Å². The van der Waals surface area contributed by atoms with Gasteiger partial charge in [-0.2, -0.15) is 0 Å². The first-order chi connectivity index (χ1) is 9.14. The second-order valence-electron chi connectivity index (χ2n) is 5.17. The largest absolute Gasteiger partial charge is 0.397 e. The molecule has 0 saturated heterocycles. The second kappa shape index (κ2) is 6.43. The molecule has 0 heterocycles. The average Bonchev–Trinajstić information content (AvgIpc) is 2.30. The number of sulfonamides is 1. The smallest absolute Gasteiger partial charge is 0.242 e. The van der Waals surface area contributed by atoms with E-state index in [9.17, 15) is 13.5 Å². The predicted octanol–water partition coefficient (Wildman–Crippen LogP) is 1.09. The molecular formula is C13H23N3O3S. The highest BCUT2D eigenvalue weighted by atomic mass is 32.2. The fraction of sp³-hybridized carbons (Fsp3) is 0.538. The lowest BCUT2D eigenvalue weighted by Gasteiger charge is -2.19. The van der Waals surface area contributed by atoms with Gasteiger partial charge in [-0.25, -0.2) is 12.7 Å². The Morgan fingerprint density at radius 2 is 1.95 bits per heavy atom. The molecule has 4 N–H and O–H groups in total. The van der Waals surface area contributed by atoms with Crippen LogP contribution in [-0.4, -0.2) is 44.1 Å². The van der Waals surface area contributed by atoms with Crippen molar-refractivity contribution >= 4 is 21.4 Å². The summed E-state index contributed by atoms with van der Waals surface area (Å²) in [7, 11) is -0.529. The van der Waals surface area contributed by atoms with E-state index in [1.165, 1.54) is 26.2 Å². The molecule has 1 rings (SSSR count). The zero-order chi connectivity index (χ0) is 15.5. The minimum atomic E-state index is -3.48. The number of nitrogens with zero attached hydrogens (tertiary/aromatic N) is 1. The Morgan fingerprint density at radius 1 is 1.35 bits per heavy atom. The number of anilines is 2. The van der Waals surface area contributed by atoms with Gasteiger partial charge in [0.1, 0.15) is 0 Å². The number of rotatable bonds is 6. The van der Waals surface area contributed by atoms with Crippen molar-refractivity contribution in [1.82, 2.24) is 4.31 Å². The molecule has 20 heavy (non-hydrogen) atoms. The normalized spacial score (nSPS) is 15.1. The first-order valence-electron chi connectivity index (χ1n) is 6.41. The van der Waals surface area contributed by atoms with Gasteiger partial charge in [0.15, 0.2) is 0 Å². The second-order valence-corrected chi connectivity index (χ2v) is 7.32. The van der Waals surface area contributed by atoms with Gasteiger partial charge in [0.2, 0.25) is 10.0 Å². The van der Waals surface area contributed by atoms with Crippen LogP contribution in [0.15, 0.2) is 23.1 Å². The number of benzene rings is 1. The zero-order valence-electron chi connectivity index (χ0n) is 12.3. The molecule has 6 nitrogen and oxygen atoms in total. The summed E-state index contributed by atoms with van der Waals surface area (Å²) in [5.41, 5.74) is 6.92. The summed E-state index contributed by atoms with van der Waals surface area (Å²) < 4.78 is 25.1. The Balaban J connectivity index is 2.95. The van der Waals surface area contributed by atoms with Gasteiger partial charge in [-0.3, -0.25) is 0 Å². The van der Waals surface area contributed by atoms with E-state index in [0.29, 0.717) is 17.8 Å². The van der Waals surface area contributed by atoms with E-state index >= 15 is 0 Å². The highest BCUT2D eigenvalue weighted by Gasteiger charge is 2.18. The van der Waals surface area contributed by atoms with Gasteiger partial charge in [0, 0.05) is 20.1 Å². The molecule has 0 saturated carbocycles. The number of nitrogens with one attached hydrogen (secondary N) is 1. The van der Waals surface area contributed by atoms with E-state index in [1.807, 2.05) is 6.92 Å². The molecule has 0 radical (unpaired) electrons. The lowest BCUT2D eigenvalue weighted by molar-refractivity contribution is 0.179. The van der Waals surface area contributed by atoms with Crippen molar-refractivity contribution in [2.24, 2.45) is 0 Å². The summed E-state index contributed by atoms with van der Waals surface area (Å²) in [6.45, 7) is 3.64. The van der Waals surface area contributed by atoms with Gasteiger partial charge in [-0.1, -0.05) is 0 Å². The Hall–Kier alpha value is -1.31. The molecule has 0 aliphatic rings. The van der Waals surface area contributed by atoms with Crippen molar-refractivity contribution < 1.29 is 13.5 Å². The lowest BCUT2D eigenvalue weighted by Crippen LogP contribution is -2.23. The summed E-state index contributed by atoms with van der Waals surface area (Å²) in [5, 5.41) is 12.5. The summed E-state index contributed by atoms with van der Waals surface area (Å²) >= 11 is 0. The Bertz CT molecular complexity index is 556. The number of aliphatic hydroxyl groups is 1. The standard InChI is InChI=1S/C13H23N3O3S/c1-9(7-10(2)17)15-13-6-5-11(8-12(13)14)20(18,19)16(3)4/h5-6,8-10,15,17H,7,14H2,1-4H3. The molecule has 2 atom stereocenters. The maximum atomic E-state index is 12.0. The molecule has 7 heteroatoms. The predicted molar refractivity (Wildman–Crippen MR) is 81.1 cm³/mol. The molecule has 0 fully saturated rings. The molecule has 0 amide bonds. The molecule has 0 spiro atoms. The highest BCUT2D eigenvalue weighted by molar-refractivity contribution is 7.89. The zero-order valence-corrected chi connectivity index (χ0v) is 13.1. The lowest BCUT2D eigenvalue weighted by atomic mass is 10.1. The van der Waals surface area contributed by atoms with Crippen molar-refractivity contribution in [3.05, 3.63) is 18.2 Å². The third-order valence-corrected chi connectivity index (χ3v) is 4.71. The molecule has 1 aromatic rings. The first-order valence-corrected chi connectivity index (χ1v) is 7.85. The third-order valence-electron chi connectivity index (χ3n) is 2.90. The first kappa shape index (κ1) is 16.7. The molecule has 114 valence electrons. The monoisotopic (exact) mass is 301 g/mol. The van der Waals surface area contributed by atoms with Crippen LogP contribution in [0, 0.1) is 0 Å². The van der Waals surface area contributed by atoms with E-state index in [2.05, 4.69) is 5.32 Å². The van der Waals surface area contributed by atoms with Gasteiger partial charge in [0.05, 0.1) is 22.4 Å².